The minimum Gasteiger partial charge on any atom is -0.465 e. The van der Waals surface area contributed by atoms with E-state index in [1.807, 2.05) is 12.2 Å². The van der Waals surface area contributed by atoms with Crippen molar-refractivity contribution in [2.75, 3.05) is 25.6 Å². The van der Waals surface area contributed by atoms with Gasteiger partial charge in [-0.2, -0.15) is 0 Å². The molecule has 3 rings (SSSR count). The number of methoxy groups -OCH3 is 1. The predicted octanol–water partition coefficient (Wildman–Crippen LogP) is 1.21. The summed E-state index contributed by atoms with van der Waals surface area (Å²) >= 11 is 0. The van der Waals surface area contributed by atoms with Gasteiger partial charge in [0.05, 0.1) is 24.5 Å². The standard InChI is InChI=1S/C21H22N2O7/c1-12-7-8-13(21(28)29-2)9-16(12)22-17(24)11-30-18(25)10-23-19(26)14-5-3-4-6-15(14)20(23)27/h3-4,7-9,14-15H,5-6,10-11H2,1-2H3,(H,22,24)/t14-,15+. The van der Waals surface area contributed by atoms with Crippen molar-refractivity contribution in [1.82, 2.24) is 4.90 Å². The van der Waals surface area contributed by atoms with Crippen molar-refractivity contribution in [2.45, 2.75) is 19.8 Å². The molecule has 9 heteroatoms. The lowest BCUT2D eigenvalue weighted by molar-refractivity contribution is -0.154. The van der Waals surface area contributed by atoms with Gasteiger partial charge in [0.2, 0.25) is 11.8 Å². The van der Waals surface area contributed by atoms with Gasteiger partial charge in [0.15, 0.2) is 6.61 Å². The SMILES string of the molecule is COC(=O)c1ccc(C)c(NC(=O)COC(=O)CN2C(=O)[C@H]3CC=CC[C@H]3C2=O)c1. The van der Waals surface area contributed by atoms with Gasteiger partial charge in [-0.15, -0.1) is 0 Å². The Labute approximate surface area is 173 Å². The van der Waals surface area contributed by atoms with Crippen molar-refractivity contribution in [3.8, 4) is 0 Å². The molecule has 1 saturated heterocycles. The van der Waals surface area contributed by atoms with Crippen molar-refractivity contribution >= 4 is 35.3 Å². The number of imide groups is 1. The van der Waals surface area contributed by atoms with E-state index in [9.17, 15) is 24.0 Å². The molecule has 0 bridgehead atoms. The average Bonchev–Trinajstić information content (AvgIpc) is 2.98. The van der Waals surface area contributed by atoms with Gasteiger partial charge in [0.1, 0.15) is 6.54 Å². The number of allylic oxidation sites excluding steroid dienone is 2. The fraction of sp³-hybridized carbons (Fsp3) is 0.381. The molecule has 2 atom stereocenters. The Morgan fingerprint density at radius 1 is 1.10 bits per heavy atom. The Kier molecular flexibility index (Phi) is 6.29. The molecule has 9 nitrogen and oxygen atoms in total. The van der Waals surface area contributed by atoms with E-state index < -0.39 is 42.8 Å². The summed E-state index contributed by atoms with van der Waals surface area (Å²) in [4.78, 5) is 61.5. The van der Waals surface area contributed by atoms with Crippen LogP contribution in [0.1, 0.15) is 28.8 Å². The van der Waals surface area contributed by atoms with Crippen LogP contribution < -0.4 is 5.32 Å². The highest BCUT2D eigenvalue weighted by Crippen LogP contribution is 2.34. The zero-order valence-corrected chi connectivity index (χ0v) is 16.7. The lowest BCUT2D eigenvalue weighted by atomic mass is 9.85. The highest BCUT2D eigenvalue weighted by molar-refractivity contribution is 6.07. The molecule has 158 valence electrons. The first-order valence-corrected chi connectivity index (χ1v) is 9.46. The normalized spacial score (nSPS) is 20.0. The second-order valence-electron chi connectivity index (χ2n) is 7.15. The van der Waals surface area contributed by atoms with Crippen LogP contribution in [0.2, 0.25) is 0 Å². The number of benzene rings is 1. The van der Waals surface area contributed by atoms with Gasteiger partial charge in [-0.3, -0.25) is 24.1 Å². The average molecular weight is 414 g/mol. The van der Waals surface area contributed by atoms with E-state index in [1.54, 1.807) is 19.1 Å². The molecule has 1 heterocycles. The number of hydrogen-bond donors (Lipinski definition) is 1. The summed E-state index contributed by atoms with van der Waals surface area (Å²) in [5, 5.41) is 2.56. The maximum absolute atomic E-state index is 12.4. The summed E-state index contributed by atoms with van der Waals surface area (Å²) in [6.45, 7) is 0.627. The fourth-order valence-corrected chi connectivity index (χ4v) is 3.53. The number of esters is 2. The first kappa shape index (κ1) is 21.2. The van der Waals surface area contributed by atoms with Gasteiger partial charge < -0.3 is 14.8 Å². The maximum atomic E-state index is 12.4. The number of hydrogen-bond acceptors (Lipinski definition) is 7. The number of fused-ring (bicyclic) bond motifs is 1. The Hall–Kier alpha value is -3.49. The molecule has 0 spiro atoms. The Balaban J connectivity index is 1.53. The second kappa shape index (κ2) is 8.89. The molecule has 3 amide bonds. The number of carbonyl (C=O) groups is 5. The first-order valence-electron chi connectivity index (χ1n) is 9.46. The first-order chi connectivity index (χ1) is 14.3. The molecule has 0 radical (unpaired) electrons. The van der Waals surface area contributed by atoms with Crippen LogP contribution in [0, 0.1) is 18.8 Å². The zero-order chi connectivity index (χ0) is 21.8. The summed E-state index contributed by atoms with van der Waals surface area (Å²) in [6.07, 6.45) is 4.67. The van der Waals surface area contributed by atoms with Crippen molar-refractivity contribution in [2.24, 2.45) is 11.8 Å². The maximum Gasteiger partial charge on any atom is 0.337 e. The van der Waals surface area contributed by atoms with Crippen LogP contribution in [0.15, 0.2) is 30.4 Å². The molecule has 1 fully saturated rings. The third-order valence-electron chi connectivity index (χ3n) is 5.18. The molecule has 1 aliphatic carbocycles. The van der Waals surface area contributed by atoms with Crippen molar-refractivity contribution in [1.29, 1.82) is 0 Å². The quantitative estimate of drug-likeness (QED) is 0.422. The number of aryl methyl sites for hydroxylation is 1. The number of likely N-dealkylation sites (tertiary alicyclic amines) is 1. The summed E-state index contributed by atoms with van der Waals surface area (Å²) in [5.41, 5.74) is 1.34. The summed E-state index contributed by atoms with van der Waals surface area (Å²) in [5.74, 6) is -3.64. The van der Waals surface area contributed by atoms with E-state index in [4.69, 9.17) is 4.74 Å². The zero-order valence-electron chi connectivity index (χ0n) is 16.7. The van der Waals surface area contributed by atoms with Crippen LogP contribution in [0.4, 0.5) is 5.69 Å². The number of nitrogens with one attached hydrogen (secondary N) is 1. The number of anilines is 1. The molecular weight excluding hydrogens is 392 g/mol. The monoisotopic (exact) mass is 414 g/mol. The van der Waals surface area contributed by atoms with Gasteiger partial charge in [0.25, 0.3) is 5.91 Å². The Morgan fingerprint density at radius 3 is 2.33 bits per heavy atom. The number of nitrogens with zero attached hydrogens (tertiary/aromatic N) is 1. The van der Waals surface area contributed by atoms with E-state index in [2.05, 4.69) is 10.1 Å². The summed E-state index contributed by atoms with van der Waals surface area (Å²) in [6, 6.07) is 4.67. The highest BCUT2D eigenvalue weighted by atomic mass is 16.5. The van der Waals surface area contributed by atoms with Crippen LogP contribution in [-0.4, -0.2) is 54.8 Å². The Morgan fingerprint density at radius 2 is 1.73 bits per heavy atom. The molecule has 1 aliphatic heterocycles. The van der Waals surface area contributed by atoms with Gasteiger partial charge in [-0.05, 0) is 37.5 Å². The van der Waals surface area contributed by atoms with Gasteiger partial charge >= 0.3 is 11.9 Å². The predicted molar refractivity (Wildman–Crippen MR) is 104 cm³/mol. The molecule has 30 heavy (non-hydrogen) atoms. The molecule has 2 aliphatic rings. The Bertz CT molecular complexity index is 911. The van der Waals surface area contributed by atoms with E-state index in [-0.39, 0.29) is 17.4 Å². The van der Waals surface area contributed by atoms with E-state index in [0.29, 0.717) is 24.1 Å². The fourth-order valence-electron chi connectivity index (χ4n) is 3.53. The lowest BCUT2D eigenvalue weighted by Gasteiger charge is -2.14. The van der Waals surface area contributed by atoms with E-state index >= 15 is 0 Å². The number of rotatable bonds is 6. The number of carbonyl (C=O) groups excluding carboxylic acids is 5. The van der Waals surface area contributed by atoms with Gasteiger partial charge in [-0.1, -0.05) is 18.2 Å². The minimum absolute atomic E-state index is 0.261. The molecule has 0 unspecified atom stereocenters. The highest BCUT2D eigenvalue weighted by Gasteiger charge is 2.47. The largest absolute Gasteiger partial charge is 0.465 e. The number of ether oxygens (including phenoxy) is 2. The molecule has 0 saturated carbocycles. The molecule has 1 aromatic carbocycles. The molecule has 1 N–H and O–H groups in total. The van der Waals surface area contributed by atoms with Crippen LogP contribution in [0.25, 0.3) is 0 Å². The third kappa shape index (κ3) is 4.40. The molecule has 1 aromatic rings. The van der Waals surface area contributed by atoms with Crippen molar-refractivity contribution in [3.05, 3.63) is 41.5 Å². The molecule has 0 aromatic heterocycles. The lowest BCUT2D eigenvalue weighted by Crippen LogP contribution is -2.37. The van der Waals surface area contributed by atoms with Gasteiger partial charge in [0, 0.05) is 5.69 Å². The minimum atomic E-state index is -0.849. The van der Waals surface area contributed by atoms with E-state index in [1.165, 1.54) is 13.2 Å². The second-order valence-corrected chi connectivity index (χ2v) is 7.15. The van der Waals surface area contributed by atoms with Crippen LogP contribution in [0.5, 0.6) is 0 Å². The topological polar surface area (TPSA) is 119 Å². The summed E-state index contributed by atoms with van der Waals surface area (Å²) in [7, 11) is 1.25. The van der Waals surface area contributed by atoms with E-state index in [0.717, 1.165) is 4.90 Å². The van der Waals surface area contributed by atoms with Crippen LogP contribution in [-0.2, 0) is 28.7 Å². The number of amides is 3. The van der Waals surface area contributed by atoms with Crippen molar-refractivity contribution < 1.29 is 33.4 Å². The van der Waals surface area contributed by atoms with Crippen LogP contribution in [0.3, 0.4) is 0 Å². The summed E-state index contributed by atoms with van der Waals surface area (Å²) < 4.78 is 9.57. The third-order valence-corrected chi connectivity index (χ3v) is 5.18. The van der Waals surface area contributed by atoms with Crippen LogP contribution >= 0.6 is 0 Å². The molecular formula is C21H22N2O7. The van der Waals surface area contributed by atoms with Crippen molar-refractivity contribution in [3.63, 3.8) is 0 Å². The smallest absolute Gasteiger partial charge is 0.337 e. The van der Waals surface area contributed by atoms with Gasteiger partial charge in [-0.25, -0.2) is 4.79 Å².